The van der Waals surface area contributed by atoms with Gasteiger partial charge in [0.05, 0.1) is 13.7 Å². The van der Waals surface area contributed by atoms with Crippen LogP contribution in [0.4, 0.5) is 8.78 Å². The van der Waals surface area contributed by atoms with Gasteiger partial charge in [-0.15, -0.1) is 0 Å². The molecule has 4 rings (SSSR count). The van der Waals surface area contributed by atoms with Crippen LogP contribution in [-0.4, -0.2) is 30.5 Å². The van der Waals surface area contributed by atoms with Crippen LogP contribution in [0, 0.1) is 17.7 Å². The first kappa shape index (κ1) is 23.5. The zero-order valence-corrected chi connectivity index (χ0v) is 19.2. The normalized spacial score (nSPS) is 23.4. The van der Waals surface area contributed by atoms with Gasteiger partial charge in [-0.2, -0.15) is 0 Å². The maximum atomic E-state index is 15.0. The van der Waals surface area contributed by atoms with E-state index in [9.17, 15) is 14.3 Å². The van der Waals surface area contributed by atoms with Crippen LogP contribution in [0.1, 0.15) is 68.4 Å². The number of halogens is 2. The molecule has 6 heteroatoms. The first-order valence-corrected chi connectivity index (χ1v) is 11.8. The predicted octanol–water partition coefficient (Wildman–Crippen LogP) is 6.49. The van der Waals surface area contributed by atoms with Crippen LogP contribution in [0.5, 0.6) is 11.5 Å². The average Bonchev–Trinajstić information content (AvgIpc) is 3.63. The summed E-state index contributed by atoms with van der Waals surface area (Å²) in [5.74, 6) is -0.367. The molecule has 4 nitrogen and oxygen atoms in total. The Morgan fingerprint density at radius 2 is 1.82 bits per heavy atom. The maximum absolute atomic E-state index is 15.0. The van der Waals surface area contributed by atoms with Crippen molar-refractivity contribution in [1.29, 1.82) is 0 Å². The molecule has 0 spiro atoms. The second kappa shape index (κ2) is 9.70. The van der Waals surface area contributed by atoms with E-state index < -0.39 is 17.6 Å². The van der Waals surface area contributed by atoms with Gasteiger partial charge in [0.2, 0.25) is 5.67 Å². The minimum absolute atomic E-state index is 0.0543. The van der Waals surface area contributed by atoms with Crippen molar-refractivity contribution in [2.24, 2.45) is 11.8 Å². The van der Waals surface area contributed by atoms with E-state index in [2.05, 4.69) is 0 Å². The number of carboxylic acid groups (broad SMARTS) is 1. The fourth-order valence-electron chi connectivity index (χ4n) is 5.20. The number of alkyl halides is 1. The molecule has 0 aromatic heterocycles. The van der Waals surface area contributed by atoms with Gasteiger partial charge in [0, 0.05) is 5.92 Å². The predicted molar refractivity (Wildman–Crippen MR) is 122 cm³/mol. The Labute approximate surface area is 193 Å². The average molecular weight is 459 g/mol. The minimum Gasteiger partial charge on any atom is -0.497 e. The molecule has 2 atom stereocenters. The molecule has 2 aliphatic rings. The van der Waals surface area contributed by atoms with Crippen LogP contribution in [0.15, 0.2) is 42.5 Å². The molecule has 0 heterocycles. The van der Waals surface area contributed by atoms with E-state index in [-0.39, 0.29) is 17.7 Å². The van der Waals surface area contributed by atoms with Crippen molar-refractivity contribution in [2.45, 2.75) is 63.0 Å². The van der Waals surface area contributed by atoms with Crippen LogP contribution in [0.2, 0.25) is 0 Å². The molecule has 0 aliphatic heterocycles. The first-order valence-electron chi connectivity index (χ1n) is 11.8. The largest absolute Gasteiger partial charge is 0.497 e. The van der Waals surface area contributed by atoms with E-state index in [1.165, 1.54) is 6.07 Å². The van der Waals surface area contributed by atoms with Gasteiger partial charge in [-0.3, -0.25) is 0 Å². The number of hydrogen-bond acceptors (Lipinski definition) is 3. The summed E-state index contributed by atoms with van der Waals surface area (Å²) in [5, 5.41) is 9.41. The molecule has 2 unspecified atom stereocenters. The third-order valence-corrected chi connectivity index (χ3v) is 7.29. The minimum atomic E-state index is -2.31. The summed E-state index contributed by atoms with van der Waals surface area (Å²) < 4.78 is 40.6. The lowest BCUT2D eigenvalue weighted by Gasteiger charge is -2.29. The van der Waals surface area contributed by atoms with Crippen LogP contribution in [-0.2, 0) is 4.79 Å². The number of ether oxygens (including phenoxy) is 2. The summed E-state index contributed by atoms with van der Waals surface area (Å²) in [7, 11) is 1.59. The third kappa shape index (κ3) is 5.31. The summed E-state index contributed by atoms with van der Waals surface area (Å²) in [6.45, 7) is 1.70. The highest BCUT2D eigenvalue weighted by Gasteiger charge is 2.50. The fraction of sp³-hybridized carbons (Fsp3) is 0.519. The quantitative estimate of drug-likeness (QED) is 0.466. The summed E-state index contributed by atoms with van der Waals surface area (Å²) in [6, 6.07) is 12.1. The molecular formula is C27H32F2O4. The molecule has 2 fully saturated rings. The molecule has 2 aromatic rings. The number of benzene rings is 2. The van der Waals surface area contributed by atoms with Gasteiger partial charge in [0.1, 0.15) is 17.3 Å². The Kier molecular flexibility index (Phi) is 6.91. The molecule has 0 bridgehead atoms. The number of hydrogen-bond donors (Lipinski definition) is 1. The molecule has 0 radical (unpaired) electrons. The van der Waals surface area contributed by atoms with Gasteiger partial charge in [-0.05, 0) is 105 Å². The lowest BCUT2D eigenvalue weighted by atomic mass is 9.79. The van der Waals surface area contributed by atoms with E-state index in [1.54, 1.807) is 37.4 Å². The molecule has 2 saturated carbocycles. The van der Waals surface area contributed by atoms with Crippen LogP contribution >= 0.6 is 0 Å². The van der Waals surface area contributed by atoms with E-state index >= 15 is 4.39 Å². The monoisotopic (exact) mass is 458 g/mol. The lowest BCUT2D eigenvalue weighted by molar-refractivity contribution is -0.151. The molecule has 0 amide bonds. The number of aliphatic carboxylic acids is 1. The van der Waals surface area contributed by atoms with Crippen LogP contribution in [0.3, 0.4) is 0 Å². The lowest BCUT2D eigenvalue weighted by Crippen LogP contribution is -2.38. The van der Waals surface area contributed by atoms with E-state index in [0.717, 1.165) is 51.0 Å². The second-order valence-corrected chi connectivity index (χ2v) is 9.68. The van der Waals surface area contributed by atoms with Gasteiger partial charge >= 0.3 is 5.97 Å². The Morgan fingerprint density at radius 3 is 2.45 bits per heavy atom. The fourth-order valence-corrected chi connectivity index (χ4v) is 5.20. The van der Waals surface area contributed by atoms with Crippen molar-refractivity contribution < 1.29 is 28.2 Å². The van der Waals surface area contributed by atoms with Crippen molar-refractivity contribution >= 4 is 5.97 Å². The summed E-state index contributed by atoms with van der Waals surface area (Å²) in [5.41, 5.74) is -0.909. The number of carboxylic acids is 1. The Hall–Kier alpha value is -2.63. The van der Waals surface area contributed by atoms with Gasteiger partial charge in [0.25, 0.3) is 0 Å². The Balaban J connectivity index is 1.36. The van der Waals surface area contributed by atoms with Crippen molar-refractivity contribution in [2.75, 3.05) is 13.7 Å². The number of carbonyl (C=O) groups is 1. The van der Waals surface area contributed by atoms with Crippen LogP contribution < -0.4 is 9.47 Å². The molecule has 2 aromatic carbocycles. The van der Waals surface area contributed by atoms with Gasteiger partial charge in [0.15, 0.2) is 0 Å². The van der Waals surface area contributed by atoms with Gasteiger partial charge in [-0.1, -0.05) is 12.1 Å². The molecule has 33 heavy (non-hydrogen) atoms. The first-order chi connectivity index (χ1) is 15.8. The third-order valence-electron chi connectivity index (χ3n) is 7.29. The smallest absolute Gasteiger partial charge is 0.341 e. The van der Waals surface area contributed by atoms with E-state index in [4.69, 9.17) is 9.47 Å². The number of methoxy groups -OCH3 is 1. The highest BCUT2D eigenvalue weighted by molar-refractivity contribution is 5.78. The molecule has 0 saturated heterocycles. The van der Waals surface area contributed by atoms with Crippen molar-refractivity contribution in [3.63, 3.8) is 0 Å². The highest BCUT2D eigenvalue weighted by Crippen LogP contribution is 2.50. The van der Waals surface area contributed by atoms with E-state index in [1.807, 2.05) is 6.07 Å². The SMILES string of the molecule is COc1ccc(F)c(C2CCC(COc3cccc(C(C4CC4)C(C)(F)C(=O)O)c3)CC2)c1. The van der Waals surface area contributed by atoms with Crippen molar-refractivity contribution in [3.8, 4) is 11.5 Å². The van der Waals surface area contributed by atoms with Crippen LogP contribution in [0.25, 0.3) is 0 Å². The zero-order valence-electron chi connectivity index (χ0n) is 19.2. The second-order valence-electron chi connectivity index (χ2n) is 9.68. The Morgan fingerprint density at radius 1 is 1.09 bits per heavy atom. The Bertz CT molecular complexity index is 978. The summed E-state index contributed by atoms with van der Waals surface area (Å²) in [6.07, 6.45) is 5.35. The van der Waals surface area contributed by atoms with Crippen molar-refractivity contribution in [1.82, 2.24) is 0 Å². The van der Waals surface area contributed by atoms with Crippen molar-refractivity contribution in [3.05, 3.63) is 59.4 Å². The van der Waals surface area contributed by atoms with Gasteiger partial charge < -0.3 is 14.6 Å². The maximum Gasteiger partial charge on any atom is 0.341 e. The molecule has 1 N–H and O–H groups in total. The standard InChI is InChI=1S/C27H32F2O4/c1-27(29,26(30)31)25(19-10-11-19)20-4-3-5-22(14-20)33-16-17-6-8-18(9-7-17)23-15-21(32-2)12-13-24(23)28/h3-5,12-15,17-19,25H,6-11,16H2,1-2H3,(H,30,31). The van der Waals surface area contributed by atoms with E-state index in [0.29, 0.717) is 29.6 Å². The summed E-state index contributed by atoms with van der Waals surface area (Å²) in [4.78, 5) is 11.5. The zero-order chi connectivity index (χ0) is 23.6. The summed E-state index contributed by atoms with van der Waals surface area (Å²) >= 11 is 0. The molecular weight excluding hydrogens is 426 g/mol. The number of rotatable bonds is 9. The highest BCUT2D eigenvalue weighted by atomic mass is 19.1. The van der Waals surface area contributed by atoms with Gasteiger partial charge in [-0.25, -0.2) is 13.6 Å². The topological polar surface area (TPSA) is 55.8 Å². The molecule has 178 valence electrons. The molecule has 2 aliphatic carbocycles.